The second-order valence-corrected chi connectivity index (χ2v) is 10.1. The van der Waals surface area contributed by atoms with Crippen molar-refractivity contribution >= 4 is 26.9 Å². The maximum Gasteiger partial charge on any atom is 0.309 e. The zero-order valence-corrected chi connectivity index (χ0v) is 19.2. The summed E-state index contributed by atoms with van der Waals surface area (Å²) in [5, 5.41) is 14.6. The van der Waals surface area contributed by atoms with Gasteiger partial charge in [0, 0.05) is 24.5 Å². The smallest absolute Gasteiger partial charge is 0.309 e. The molecular weight excluding hydrogens is 430 g/mol. The number of aromatic nitrogens is 2. The van der Waals surface area contributed by atoms with Crippen LogP contribution in [0.25, 0.3) is 10.9 Å². The van der Waals surface area contributed by atoms with Gasteiger partial charge in [0.2, 0.25) is 10.0 Å². The Labute approximate surface area is 187 Å². The van der Waals surface area contributed by atoms with Crippen molar-refractivity contribution in [3.05, 3.63) is 53.7 Å². The molecule has 0 amide bonds. The molecule has 2 aromatic carbocycles. The van der Waals surface area contributed by atoms with Crippen molar-refractivity contribution in [2.75, 3.05) is 20.2 Å². The van der Waals surface area contributed by atoms with Gasteiger partial charge in [0.1, 0.15) is 5.75 Å². The Balaban J connectivity index is 1.70. The lowest BCUT2D eigenvalue weighted by atomic mass is 10.1. The molecule has 4 rings (SSSR count). The first-order valence-electron chi connectivity index (χ1n) is 10.6. The molecule has 2 heterocycles. The van der Waals surface area contributed by atoms with Crippen LogP contribution in [0.15, 0.2) is 47.4 Å². The number of rotatable bonds is 7. The maximum atomic E-state index is 13.3. The minimum atomic E-state index is -3.64. The lowest BCUT2D eigenvalue weighted by Crippen LogP contribution is -2.29. The highest BCUT2D eigenvalue weighted by Gasteiger charge is 2.39. The van der Waals surface area contributed by atoms with Crippen LogP contribution in [0, 0.1) is 5.92 Å². The van der Waals surface area contributed by atoms with Gasteiger partial charge in [-0.1, -0.05) is 26.0 Å². The summed E-state index contributed by atoms with van der Waals surface area (Å²) in [4.78, 5) is 11.6. The number of benzene rings is 2. The number of aryl methyl sites for hydroxylation is 1. The first kappa shape index (κ1) is 22.3. The van der Waals surface area contributed by atoms with Crippen molar-refractivity contribution in [3.63, 3.8) is 0 Å². The molecule has 2 atom stereocenters. The van der Waals surface area contributed by atoms with Crippen LogP contribution in [-0.2, 0) is 27.7 Å². The number of sulfonamides is 1. The molecule has 0 unspecified atom stereocenters. The second kappa shape index (κ2) is 8.55. The molecule has 1 fully saturated rings. The van der Waals surface area contributed by atoms with Crippen LogP contribution in [0.1, 0.15) is 31.1 Å². The van der Waals surface area contributed by atoms with Crippen LogP contribution < -0.4 is 4.74 Å². The van der Waals surface area contributed by atoms with Gasteiger partial charge in [-0.25, -0.2) is 8.42 Å². The van der Waals surface area contributed by atoms with Crippen molar-refractivity contribution in [1.29, 1.82) is 0 Å². The van der Waals surface area contributed by atoms with E-state index in [0.29, 0.717) is 18.0 Å². The Kier molecular flexibility index (Phi) is 5.96. The predicted molar refractivity (Wildman–Crippen MR) is 120 cm³/mol. The number of nitrogens with zero attached hydrogens (tertiary/aromatic N) is 3. The molecule has 9 heteroatoms. The summed E-state index contributed by atoms with van der Waals surface area (Å²) in [7, 11) is -2.08. The lowest BCUT2D eigenvalue weighted by Gasteiger charge is -2.18. The van der Waals surface area contributed by atoms with E-state index in [1.165, 1.54) is 4.31 Å². The number of carbonyl (C=O) groups is 1. The topological polar surface area (TPSA) is 102 Å². The molecular formula is C23H27N3O5S. The summed E-state index contributed by atoms with van der Waals surface area (Å²) in [6.45, 7) is 4.64. The summed E-state index contributed by atoms with van der Waals surface area (Å²) in [5.41, 5.74) is 2.28. The zero-order valence-electron chi connectivity index (χ0n) is 18.4. The fourth-order valence-corrected chi connectivity index (χ4v) is 5.86. The number of carboxylic acids is 1. The van der Waals surface area contributed by atoms with Crippen molar-refractivity contribution in [1.82, 2.24) is 14.1 Å². The molecule has 0 radical (unpaired) electrons. The first-order valence-corrected chi connectivity index (χ1v) is 12.0. The molecule has 3 aromatic rings. The third kappa shape index (κ3) is 3.98. The van der Waals surface area contributed by atoms with Crippen LogP contribution in [0.3, 0.4) is 0 Å². The molecule has 1 N–H and O–H groups in total. The molecule has 170 valence electrons. The van der Waals surface area contributed by atoms with E-state index >= 15 is 0 Å². The maximum absolute atomic E-state index is 13.3. The Bertz CT molecular complexity index is 1250. The summed E-state index contributed by atoms with van der Waals surface area (Å²) in [6.07, 6.45) is 0.639. The molecule has 1 aliphatic heterocycles. The normalized spacial score (nSPS) is 19.5. The summed E-state index contributed by atoms with van der Waals surface area (Å²) >= 11 is 0. The fraction of sp³-hybridized carbons (Fsp3) is 0.391. The van der Waals surface area contributed by atoms with Gasteiger partial charge in [0.15, 0.2) is 0 Å². The zero-order chi connectivity index (χ0) is 23.0. The Hall–Kier alpha value is -2.91. The third-order valence-corrected chi connectivity index (χ3v) is 7.98. The highest BCUT2D eigenvalue weighted by Crippen LogP contribution is 2.35. The monoisotopic (exact) mass is 457 g/mol. The van der Waals surface area contributed by atoms with E-state index in [4.69, 9.17) is 4.74 Å². The molecule has 1 aromatic heterocycles. The summed E-state index contributed by atoms with van der Waals surface area (Å²) in [5.74, 6) is -0.343. The molecule has 1 aliphatic rings. The minimum absolute atomic E-state index is 0.00771. The Morgan fingerprint density at radius 3 is 2.53 bits per heavy atom. The van der Waals surface area contributed by atoms with Gasteiger partial charge in [0.05, 0.1) is 35.7 Å². The number of methoxy groups -OCH3 is 1. The van der Waals surface area contributed by atoms with E-state index in [2.05, 4.69) is 5.10 Å². The molecule has 0 aliphatic carbocycles. The number of ether oxygens (including phenoxy) is 1. The van der Waals surface area contributed by atoms with Crippen molar-refractivity contribution in [2.24, 2.45) is 5.92 Å². The van der Waals surface area contributed by atoms with Crippen LogP contribution >= 0.6 is 0 Å². The highest BCUT2D eigenvalue weighted by molar-refractivity contribution is 7.89. The quantitative estimate of drug-likeness (QED) is 0.585. The third-order valence-electron chi connectivity index (χ3n) is 6.13. The summed E-state index contributed by atoms with van der Waals surface area (Å²) in [6, 6.07) is 12.2. The number of hydrogen-bond acceptors (Lipinski definition) is 5. The largest absolute Gasteiger partial charge is 0.497 e. The Morgan fingerprint density at radius 1 is 1.19 bits per heavy atom. The van der Waals surface area contributed by atoms with Gasteiger partial charge >= 0.3 is 5.97 Å². The predicted octanol–water partition coefficient (Wildman–Crippen LogP) is 3.12. The number of aliphatic carboxylic acids is 1. The standard InChI is InChI=1S/C23H27N3O5S/c1-4-16-5-8-18(9-6-16)32(29,30)25-13-15(2)22(14-25)26-21-11-17(31-3)7-10-19(21)20(24-26)12-23(27)28/h5-11,15,22H,4,12-14H2,1-3H3,(H,27,28)/t15-,22+/m1/s1. The molecule has 0 bridgehead atoms. The van der Waals surface area contributed by atoms with Gasteiger partial charge in [-0.05, 0) is 42.2 Å². The fourth-order valence-electron chi connectivity index (χ4n) is 4.30. The number of fused-ring (bicyclic) bond motifs is 1. The van der Waals surface area contributed by atoms with E-state index in [-0.39, 0.29) is 29.8 Å². The van der Waals surface area contributed by atoms with Gasteiger partial charge in [-0.3, -0.25) is 9.48 Å². The SMILES string of the molecule is CCc1ccc(S(=O)(=O)N2C[C@@H](C)[C@@H](n3nc(CC(=O)O)c4ccc(OC)cc43)C2)cc1. The number of carboxylic acid groups (broad SMARTS) is 1. The van der Waals surface area contributed by atoms with Crippen molar-refractivity contribution < 1.29 is 23.1 Å². The van der Waals surface area contributed by atoms with Gasteiger partial charge < -0.3 is 9.84 Å². The first-order chi connectivity index (χ1) is 15.2. The minimum Gasteiger partial charge on any atom is -0.497 e. The van der Waals surface area contributed by atoms with Crippen LogP contribution in [-0.4, -0.2) is 53.8 Å². The Morgan fingerprint density at radius 2 is 1.91 bits per heavy atom. The average molecular weight is 458 g/mol. The molecule has 32 heavy (non-hydrogen) atoms. The van der Waals surface area contributed by atoms with E-state index in [0.717, 1.165) is 22.9 Å². The molecule has 8 nitrogen and oxygen atoms in total. The summed E-state index contributed by atoms with van der Waals surface area (Å²) < 4.78 is 35.2. The molecule has 0 saturated carbocycles. The van der Waals surface area contributed by atoms with Gasteiger partial charge in [-0.15, -0.1) is 0 Å². The molecule has 0 spiro atoms. The lowest BCUT2D eigenvalue weighted by molar-refractivity contribution is -0.136. The van der Waals surface area contributed by atoms with E-state index in [1.54, 1.807) is 36.1 Å². The highest BCUT2D eigenvalue weighted by atomic mass is 32.2. The van der Waals surface area contributed by atoms with E-state index < -0.39 is 16.0 Å². The average Bonchev–Trinajstić information content (AvgIpc) is 3.33. The van der Waals surface area contributed by atoms with E-state index in [9.17, 15) is 18.3 Å². The number of hydrogen-bond donors (Lipinski definition) is 1. The van der Waals surface area contributed by atoms with Crippen molar-refractivity contribution in [2.45, 2.75) is 37.6 Å². The molecule has 1 saturated heterocycles. The van der Waals surface area contributed by atoms with Crippen LogP contribution in [0.2, 0.25) is 0 Å². The van der Waals surface area contributed by atoms with Gasteiger partial charge in [0.25, 0.3) is 0 Å². The van der Waals surface area contributed by atoms with E-state index in [1.807, 2.05) is 32.0 Å². The van der Waals surface area contributed by atoms with Crippen molar-refractivity contribution in [3.8, 4) is 5.75 Å². The van der Waals surface area contributed by atoms with Crippen LogP contribution in [0.5, 0.6) is 5.75 Å². The second-order valence-electron chi connectivity index (χ2n) is 8.21. The van der Waals surface area contributed by atoms with Crippen LogP contribution in [0.4, 0.5) is 0 Å². The van der Waals surface area contributed by atoms with Gasteiger partial charge in [-0.2, -0.15) is 9.40 Å².